The number of fused-ring (bicyclic) bond motifs is 6. The van der Waals surface area contributed by atoms with E-state index in [1.54, 1.807) is 6.26 Å². The number of rotatable bonds is 3. The van der Waals surface area contributed by atoms with Crippen molar-refractivity contribution in [1.29, 1.82) is 0 Å². The van der Waals surface area contributed by atoms with Crippen LogP contribution in [0.4, 0.5) is 0 Å². The molecule has 0 spiro atoms. The monoisotopic (exact) mass is 340 g/mol. The molecule has 1 N–H and O–H groups in total. The standard InChI is InChI=1S/C19H20N2O4/c22-15(20-13-2-1-3-14-12(13)6-7-25-14)9-21-18(23)16-10-4-5-11(8-10)17(16)19(21)24/h4-7,10-11,13,16-17H,1-3,8-9H2,(H,20,22)/t10-,11-,13-,16-,17+/m0/s1. The van der Waals surface area contributed by atoms with Crippen LogP contribution < -0.4 is 5.32 Å². The van der Waals surface area contributed by atoms with Gasteiger partial charge in [-0.1, -0.05) is 12.2 Å². The van der Waals surface area contributed by atoms with Crippen molar-refractivity contribution in [3.05, 3.63) is 35.8 Å². The molecule has 1 saturated heterocycles. The summed E-state index contributed by atoms with van der Waals surface area (Å²) in [5.41, 5.74) is 1.01. The molecule has 130 valence electrons. The van der Waals surface area contributed by atoms with Gasteiger partial charge in [0.1, 0.15) is 12.3 Å². The lowest BCUT2D eigenvalue weighted by Gasteiger charge is -2.24. The molecule has 1 aromatic rings. The quantitative estimate of drug-likeness (QED) is 0.669. The van der Waals surface area contributed by atoms with Gasteiger partial charge in [-0.25, -0.2) is 0 Å². The van der Waals surface area contributed by atoms with E-state index in [4.69, 9.17) is 4.42 Å². The van der Waals surface area contributed by atoms with E-state index in [0.29, 0.717) is 0 Å². The van der Waals surface area contributed by atoms with Gasteiger partial charge in [0.15, 0.2) is 0 Å². The van der Waals surface area contributed by atoms with Crippen molar-refractivity contribution in [2.24, 2.45) is 23.7 Å². The molecule has 2 fully saturated rings. The summed E-state index contributed by atoms with van der Waals surface area (Å²) in [7, 11) is 0. The number of nitrogens with zero attached hydrogens (tertiary/aromatic N) is 1. The lowest BCUT2D eigenvalue weighted by molar-refractivity contribution is -0.144. The van der Waals surface area contributed by atoms with Gasteiger partial charge in [-0.2, -0.15) is 0 Å². The van der Waals surface area contributed by atoms with Gasteiger partial charge in [0, 0.05) is 12.0 Å². The molecule has 1 aliphatic heterocycles. The molecule has 3 aliphatic carbocycles. The van der Waals surface area contributed by atoms with E-state index in [9.17, 15) is 14.4 Å². The third-order valence-electron chi connectivity index (χ3n) is 6.25. The number of allylic oxidation sites excluding steroid dienone is 2. The van der Waals surface area contributed by atoms with E-state index in [2.05, 4.69) is 17.5 Å². The Hall–Kier alpha value is -2.37. The highest BCUT2D eigenvalue weighted by molar-refractivity contribution is 6.08. The number of nitrogens with one attached hydrogen (secondary N) is 1. The molecule has 2 bridgehead atoms. The first-order chi connectivity index (χ1) is 12.1. The maximum atomic E-state index is 12.6. The number of hydrogen-bond acceptors (Lipinski definition) is 4. The SMILES string of the molecule is O=C(CN1C(=O)[C@@H]2[C@H](C1=O)[C@H]1C=C[C@H]2C1)N[C@H]1CCCc2occc21. The third kappa shape index (κ3) is 2.12. The number of carbonyl (C=O) groups is 3. The molecule has 4 aliphatic rings. The summed E-state index contributed by atoms with van der Waals surface area (Å²) in [6, 6.07) is 1.79. The Morgan fingerprint density at radius 3 is 2.64 bits per heavy atom. The number of carbonyl (C=O) groups excluding carboxylic acids is 3. The molecule has 0 aromatic carbocycles. The Labute approximate surface area is 145 Å². The maximum absolute atomic E-state index is 12.6. The van der Waals surface area contributed by atoms with Gasteiger partial charge in [-0.15, -0.1) is 0 Å². The molecular weight excluding hydrogens is 320 g/mol. The minimum Gasteiger partial charge on any atom is -0.469 e. The second kappa shape index (κ2) is 5.31. The van der Waals surface area contributed by atoms with Crippen molar-refractivity contribution in [3.8, 4) is 0 Å². The highest BCUT2D eigenvalue weighted by Crippen LogP contribution is 2.52. The van der Waals surface area contributed by atoms with Crippen LogP contribution in [0.1, 0.15) is 36.6 Å². The van der Waals surface area contributed by atoms with Gasteiger partial charge in [-0.05, 0) is 37.2 Å². The van der Waals surface area contributed by atoms with Crippen LogP contribution in [0.15, 0.2) is 28.9 Å². The molecule has 6 nitrogen and oxygen atoms in total. The molecule has 0 radical (unpaired) electrons. The van der Waals surface area contributed by atoms with Gasteiger partial charge in [0.25, 0.3) is 0 Å². The summed E-state index contributed by atoms with van der Waals surface area (Å²) in [4.78, 5) is 39.0. The van der Waals surface area contributed by atoms with Crippen LogP contribution in [0.5, 0.6) is 0 Å². The zero-order valence-corrected chi connectivity index (χ0v) is 13.8. The molecule has 1 aromatic heterocycles. The number of amides is 3. The number of imide groups is 1. The molecular formula is C19H20N2O4. The van der Waals surface area contributed by atoms with Gasteiger partial charge in [0.2, 0.25) is 17.7 Å². The Bertz CT molecular complexity index is 765. The van der Waals surface area contributed by atoms with Crippen molar-refractivity contribution in [2.45, 2.75) is 31.7 Å². The zero-order chi connectivity index (χ0) is 17.1. The van der Waals surface area contributed by atoms with Crippen LogP contribution in [0.25, 0.3) is 0 Å². The van der Waals surface area contributed by atoms with E-state index >= 15 is 0 Å². The summed E-state index contributed by atoms with van der Waals surface area (Å²) in [6.07, 6.45) is 9.35. The predicted molar refractivity (Wildman–Crippen MR) is 87.0 cm³/mol. The van der Waals surface area contributed by atoms with Gasteiger partial charge in [0.05, 0.1) is 24.1 Å². The molecule has 5 atom stereocenters. The van der Waals surface area contributed by atoms with Crippen LogP contribution in [-0.2, 0) is 20.8 Å². The minimum absolute atomic E-state index is 0.0971. The topological polar surface area (TPSA) is 79.6 Å². The third-order valence-corrected chi connectivity index (χ3v) is 6.25. The van der Waals surface area contributed by atoms with Crippen molar-refractivity contribution in [1.82, 2.24) is 10.2 Å². The fraction of sp³-hybridized carbons (Fsp3) is 0.526. The van der Waals surface area contributed by atoms with Crippen molar-refractivity contribution >= 4 is 17.7 Å². The molecule has 5 rings (SSSR count). The molecule has 25 heavy (non-hydrogen) atoms. The fourth-order valence-electron chi connectivity index (χ4n) is 5.14. The van der Waals surface area contributed by atoms with Crippen molar-refractivity contribution in [2.75, 3.05) is 6.54 Å². The molecule has 1 saturated carbocycles. The Morgan fingerprint density at radius 1 is 1.20 bits per heavy atom. The molecule has 0 unspecified atom stereocenters. The predicted octanol–water partition coefficient (Wildman–Crippen LogP) is 1.58. The lowest BCUT2D eigenvalue weighted by atomic mass is 9.85. The first-order valence-corrected chi connectivity index (χ1v) is 9.02. The van der Waals surface area contributed by atoms with E-state index in [-0.39, 0.29) is 54.0 Å². The summed E-state index contributed by atoms with van der Waals surface area (Å²) in [6.45, 7) is -0.173. The van der Waals surface area contributed by atoms with Crippen LogP contribution in [0.2, 0.25) is 0 Å². The van der Waals surface area contributed by atoms with Crippen molar-refractivity contribution < 1.29 is 18.8 Å². The number of hydrogen-bond donors (Lipinski definition) is 1. The summed E-state index contributed by atoms with van der Waals surface area (Å²) < 4.78 is 5.44. The zero-order valence-electron chi connectivity index (χ0n) is 13.8. The van der Waals surface area contributed by atoms with E-state index in [1.807, 2.05) is 6.07 Å². The van der Waals surface area contributed by atoms with Crippen LogP contribution in [0.3, 0.4) is 0 Å². The first-order valence-electron chi connectivity index (χ1n) is 9.02. The minimum atomic E-state index is -0.277. The lowest BCUT2D eigenvalue weighted by Crippen LogP contribution is -2.43. The number of furan rings is 1. The van der Waals surface area contributed by atoms with Gasteiger partial charge >= 0.3 is 0 Å². The van der Waals surface area contributed by atoms with E-state index in [0.717, 1.165) is 37.0 Å². The largest absolute Gasteiger partial charge is 0.469 e. The van der Waals surface area contributed by atoms with Crippen LogP contribution in [0, 0.1) is 23.7 Å². The average molecular weight is 340 g/mol. The average Bonchev–Trinajstić information content (AvgIpc) is 3.35. The molecule has 3 amide bonds. The Balaban J connectivity index is 1.28. The summed E-state index contributed by atoms with van der Waals surface area (Å²) in [5, 5.41) is 2.97. The second-order valence-electron chi connectivity index (χ2n) is 7.57. The van der Waals surface area contributed by atoms with Crippen molar-refractivity contribution in [3.63, 3.8) is 0 Å². The number of likely N-dealkylation sites (tertiary alicyclic amines) is 1. The fourth-order valence-corrected chi connectivity index (χ4v) is 5.14. The summed E-state index contributed by atoms with van der Waals surface area (Å²) in [5.74, 6) is 0.154. The number of aryl methyl sites for hydroxylation is 1. The molecule has 2 heterocycles. The van der Waals surface area contributed by atoms with E-state index in [1.165, 1.54) is 4.90 Å². The van der Waals surface area contributed by atoms with Crippen LogP contribution >= 0.6 is 0 Å². The normalized spacial score (nSPS) is 35.2. The highest BCUT2D eigenvalue weighted by Gasteiger charge is 2.59. The first kappa shape index (κ1) is 14.9. The van der Waals surface area contributed by atoms with E-state index < -0.39 is 0 Å². The summed E-state index contributed by atoms with van der Waals surface area (Å²) >= 11 is 0. The van der Waals surface area contributed by atoms with Gasteiger partial charge < -0.3 is 9.73 Å². The van der Waals surface area contributed by atoms with Gasteiger partial charge in [-0.3, -0.25) is 19.3 Å². The second-order valence-corrected chi connectivity index (χ2v) is 7.57. The Morgan fingerprint density at radius 2 is 1.92 bits per heavy atom. The molecule has 6 heteroatoms. The Kier molecular flexibility index (Phi) is 3.17. The smallest absolute Gasteiger partial charge is 0.240 e. The maximum Gasteiger partial charge on any atom is 0.240 e. The highest BCUT2D eigenvalue weighted by atomic mass is 16.3. The van der Waals surface area contributed by atoms with Crippen LogP contribution in [-0.4, -0.2) is 29.2 Å².